The van der Waals surface area contributed by atoms with Gasteiger partial charge in [0.2, 0.25) is 5.95 Å². The highest BCUT2D eigenvalue weighted by molar-refractivity contribution is 9.13. The summed E-state index contributed by atoms with van der Waals surface area (Å²) in [5, 5.41) is 7.37. The Bertz CT molecular complexity index is 1070. The Hall–Kier alpha value is -1.64. The van der Waals surface area contributed by atoms with Crippen molar-refractivity contribution in [1.82, 2.24) is 9.55 Å². The van der Waals surface area contributed by atoms with Crippen molar-refractivity contribution in [3.8, 4) is 0 Å². The van der Waals surface area contributed by atoms with Gasteiger partial charge in [0.25, 0.3) is 0 Å². The van der Waals surface area contributed by atoms with Crippen molar-refractivity contribution in [3.05, 3.63) is 54.7 Å². The summed E-state index contributed by atoms with van der Waals surface area (Å²) >= 11 is 8.72. The molecule has 1 aromatic carbocycles. The van der Waals surface area contributed by atoms with Gasteiger partial charge in [-0.15, -0.1) is 0 Å². The molecule has 1 atom stereocenters. The molecule has 0 radical (unpaired) electrons. The van der Waals surface area contributed by atoms with Gasteiger partial charge in [-0.3, -0.25) is 4.57 Å². The van der Waals surface area contributed by atoms with Gasteiger partial charge in [0.15, 0.2) is 0 Å². The van der Waals surface area contributed by atoms with Crippen LogP contribution in [0.3, 0.4) is 0 Å². The molecule has 2 aromatic heterocycles. The molecule has 0 bridgehead atoms. The van der Waals surface area contributed by atoms with Gasteiger partial charge in [0.1, 0.15) is 0 Å². The lowest BCUT2D eigenvalue weighted by Crippen LogP contribution is -2.29. The van der Waals surface area contributed by atoms with E-state index >= 15 is 0 Å². The molecule has 1 unspecified atom stereocenters. The van der Waals surface area contributed by atoms with Crippen LogP contribution in [0.25, 0.3) is 11.0 Å². The van der Waals surface area contributed by atoms with Crippen LogP contribution in [0.1, 0.15) is 32.4 Å². The molecule has 4 rings (SSSR count). The van der Waals surface area contributed by atoms with E-state index in [2.05, 4.69) is 47.1 Å². The lowest BCUT2D eigenvalue weighted by Gasteiger charge is -2.30. The number of esters is 1. The molecule has 1 aliphatic heterocycles. The normalized spacial score (nSPS) is 16.6. The number of fused-ring (bicyclic) bond motifs is 3. The maximum absolute atomic E-state index is 12.9. The molecule has 27 heavy (non-hydrogen) atoms. The van der Waals surface area contributed by atoms with E-state index in [1.165, 1.54) is 0 Å². The molecule has 0 aliphatic carbocycles. The number of aromatic nitrogens is 2. The Morgan fingerprint density at radius 1 is 1.33 bits per heavy atom. The van der Waals surface area contributed by atoms with Gasteiger partial charge < -0.3 is 10.1 Å². The summed E-state index contributed by atoms with van der Waals surface area (Å²) in [5.41, 5.74) is 4.19. The average Bonchev–Trinajstić information content (AvgIpc) is 3.21. The highest BCUT2D eigenvalue weighted by atomic mass is 79.9. The molecule has 0 saturated carbocycles. The quantitative estimate of drug-likeness (QED) is 0.448. The zero-order valence-corrected chi connectivity index (χ0v) is 18.9. The Kier molecular flexibility index (Phi) is 4.90. The van der Waals surface area contributed by atoms with Crippen molar-refractivity contribution in [1.29, 1.82) is 0 Å². The van der Waals surface area contributed by atoms with E-state index in [0.717, 1.165) is 31.2 Å². The molecule has 8 heteroatoms. The minimum absolute atomic E-state index is 0.188. The molecule has 5 nitrogen and oxygen atoms in total. The summed E-state index contributed by atoms with van der Waals surface area (Å²) in [6.45, 7) is 5.61. The number of hydrogen-bond acceptors (Lipinski definition) is 5. The fraction of sp³-hybridized carbons (Fsp3) is 0.263. The number of nitrogens with one attached hydrogen (secondary N) is 1. The van der Waals surface area contributed by atoms with E-state index in [4.69, 9.17) is 9.72 Å². The number of imidazole rings is 1. The molecule has 1 N–H and O–H groups in total. The number of thiophene rings is 1. The van der Waals surface area contributed by atoms with E-state index in [1.54, 1.807) is 11.3 Å². The van der Waals surface area contributed by atoms with E-state index < -0.39 is 0 Å². The van der Waals surface area contributed by atoms with Crippen LogP contribution < -0.4 is 5.32 Å². The number of hydrogen-bond donors (Lipinski definition) is 1. The fourth-order valence-corrected chi connectivity index (χ4v) is 4.64. The Balaban J connectivity index is 1.96. The molecule has 1 aliphatic rings. The zero-order chi connectivity index (χ0) is 19.3. The molecule has 0 fully saturated rings. The van der Waals surface area contributed by atoms with Crippen molar-refractivity contribution in [2.45, 2.75) is 32.9 Å². The Morgan fingerprint density at radius 2 is 2.07 bits per heavy atom. The van der Waals surface area contributed by atoms with Crippen molar-refractivity contribution in [3.63, 3.8) is 0 Å². The first-order valence-electron chi connectivity index (χ1n) is 8.44. The highest BCUT2D eigenvalue weighted by Gasteiger charge is 2.35. The number of carbonyl (C=O) groups is 1. The van der Waals surface area contributed by atoms with Crippen LogP contribution in [0, 0.1) is 0 Å². The molecule has 0 saturated heterocycles. The van der Waals surface area contributed by atoms with Gasteiger partial charge in [-0.2, -0.15) is 11.3 Å². The highest BCUT2D eigenvalue weighted by Crippen LogP contribution is 2.41. The molecule has 140 valence electrons. The molecule has 0 amide bonds. The van der Waals surface area contributed by atoms with Gasteiger partial charge in [0.05, 0.1) is 28.8 Å². The van der Waals surface area contributed by atoms with Gasteiger partial charge in [-0.25, -0.2) is 9.78 Å². The van der Waals surface area contributed by atoms with Crippen LogP contribution in [0.2, 0.25) is 0 Å². The lowest BCUT2D eigenvalue weighted by atomic mass is 9.97. The van der Waals surface area contributed by atoms with Gasteiger partial charge in [-0.05, 0) is 87.2 Å². The lowest BCUT2D eigenvalue weighted by molar-refractivity contribution is -0.143. The second-order valence-corrected chi connectivity index (χ2v) is 9.13. The fourth-order valence-electron chi connectivity index (χ4n) is 3.30. The van der Waals surface area contributed by atoms with Gasteiger partial charge >= 0.3 is 5.97 Å². The predicted molar refractivity (Wildman–Crippen MR) is 115 cm³/mol. The first kappa shape index (κ1) is 18.7. The summed E-state index contributed by atoms with van der Waals surface area (Å²) in [6.07, 6.45) is -0.188. The number of benzene rings is 1. The topological polar surface area (TPSA) is 56.2 Å². The van der Waals surface area contributed by atoms with E-state index in [0.29, 0.717) is 11.5 Å². The van der Waals surface area contributed by atoms with Crippen LogP contribution >= 0.6 is 43.2 Å². The number of allylic oxidation sites excluding steroid dienone is 1. The van der Waals surface area contributed by atoms with E-state index in [-0.39, 0.29) is 18.1 Å². The standard InChI is InChI=1S/C19H17Br2N3O2S/c1-9(2)26-18(25)16-10(3)22-19-23-14-6-12(20)13(21)7-15(14)24(19)17(16)11-4-5-27-8-11/h4-9,17H,1-3H3,(H,22,23). The molecule has 3 heterocycles. The number of halogens is 2. The minimum atomic E-state index is -0.310. The van der Waals surface area contributed by atoms with Crippen molar-refractivity contribution in [2.75, 3.05) is 5.32 Å². The maximum atomic E-state index is 12.9. The van der Waals surface area contributed by atoms with Gasteiger partial charge in [0, 0.05) is 14.6 Å². The second kappa shape index (κ2) is 7.07. The number of rotatable bonds is 3. The smallest absolute Gasteiger partial charge is 0.338 e. The van der Waals surface area contributed by atoms with Crippen LogP contribution in [0.5, 0.6) is 0 Å². The zero-order valence-electron chi connectivity index (χ0n) is 14.9. The number of ether oxygens (including phenoxy) is 1. The maximum Gasteiger partial charge on any atom is 0.338 e. The van der Waals surface area contributed by atoms with Crippen molar-refractivity contribution in [2.24, 2.45) is 0 Å². The summed E-state index contributed by atoms with van der Waals surface area (Å²) in [5.74, 6) is 0.402. The molecular formula is C19H17Br2N3O2S. The van der Waals surface area contributed by atoms with Crippen molar-refractivity contribution >= 4 is 66.1 Å². The number of carbonyl (C=O) groups excluding carboxylic acids is 1. The second-order valence-electron chi connectivity index (χ2n) is 6.64. The average molecular weight is 511 g/mol. The molecule has 3 aromatic rings. The largest absolute Gasteiger partial charge is 0.459 e. The van der Waals surface area contributed by atoms with Gasteiger partial charge in [-0.1, -0.05) is 0 Å². The summed E-state index contributed by atoms with van der Waals surface area (Å²) < 4.78 is 9.48. The third-order valence-electron chi connectivity index (χ3n) is 4.39. The van der Waals surface area contributed by atoms with Crippen LogP contribution in [0.15, 0.2) is 49.2 Å². The predicted octanol–water partition coefficient (Wildman–Crippen LogP) is 5.86. The van der Waals surface area contributed by atoms with Crippen LogP contribution in [-0.2, 0) is 9.53 Å². The van der Waals surface area contributed by atoms with E-state index in [1.807, 2.05) is 44.4 Å². The summed E-state index contributed by atoms with van der Waals surface area (Å²) in [6, 6.07) is 5.73. The Morgan fingerprint density at radius 3 is 2.74 bits per heavy atom. The van der Waals surface area contributed by atoms with E-state index in [9.17, 15) is 4.79 Å². The Labute approximate surface area is 177 Å². The molecular weight excluding hydrogens is 494 g/mol. The minimum Gasteiger partial charge on any atom is -0.459 e. The number of anilines is 1. The monoisotopic (exact) mass is 509 g/mol. The molecule has 0 spiro atoms. The first-order valence-corrected chi connectivity index (χ1v) is 11.0. The summed E-state index contributed by atoms with van der Waals surface area (Å²) in [7, 11) is 0. The van der Waals surface area contributed by atoms with Crippen molar-refractivity contribution < 1.29 is 9.53 Å². The van der Waals surface area contributed by atoms with Crippen LogP contribution in [-0.4, -0.2) is 21.6 Å². The third kappa shape index (κ3) is 3.23. The summed E-state index contributed by atoms with van der Waals surface area (Å²) in [4.78, 5) is 17.7. The SMILES string of the molecule is CC1=C(C(=O)OC(C)C)C(c2ccsc2)n2c(nc3cc(Br)c(Br)cc32)N1. The first-order chi connectivity index (χ1) is 12.9. The number of nitrogens with zero attached hydrogens (tertiary/aromatic N) is 2. The van der Waals surface area contributed by atoms with Crippen LogP contribution in [0.4, 0.5) is 5.95 Å². The third-order valence-corrected chi connectivity index (χ3v) is 6.93.